The molecule has 126 valence electrons. The Balaban J connectivity index is 1.66. The van der Waals surface area contributed by atoms with Crippen molar-refractivity contribution in [1.29, 1.82) is 0 Å². The van der Waals surface area contributed by atoms with Crippen LogP contribution < -0.4 is 10.6 Å². The molecule has 1 saturated heterocycles. The lowest BCUT2D eigenvalue weighted by molar-refractivity contribution is -0.137. The summed E-state index contributed by atoms with van der Waals surface area (Å²) in [4.78, 5) is 16.8. The Morgan fingerprint density at radius 3 is 2.17 bits per heavy atom. The van der Waals surface area contributed by atoms with Gasteiger partial charge in [0.2, 0.25) is 5.91 Å². The van der Waals surface area contributed by atoms with E-state index >= 15 is 0 Å². The zero-order chi connectivity index (χ0) is 17.2. The van der Waals surface area contributed by atoms with Crippen molar-refractivity contribution in [1.82, 2.24) is 4.90 Å². The highest BCUT2D eigenvalue weighted by atomic mass is 19.1. The van der Waals surface area contributed by atoms with Crippen LogP contribution in [0.2, 0.25) is 0 Å². The van der Waals surface area contributed by atoms with E-state index in [0.29, 0.717) is 26.2 Å². The Morgan fingerprint density at radius 1 is 1.00 bits per heavy atom. The lowest BCUT2D eigenvalue weighted by atomic mass is 9.91. The molecule has 0 bridgehead atoms. The van der Waals surface area contributed by atoms with Crippen molar-refractivity contribution < 1.29 is 9.18 Å². The molecule has 2 aromatic carbocycles. The minimum atomic E-state index is -1.03. The first-order valence-electron chi connectivity index (χ1n) is 8.13. The molecule has 5 heteroatoms. The number of halogens is 1. The molecule has 0 radical (unpaired) electrons. The van der Waals surface area contributed by atoms with Crippen molar-refractivity contribution in [2.45, 2.75) is 12.5 Å². The third kappa shape index (κ3) is 3.26. The van der Waals surface area contributed by atoms with E-state index in [0.717, 1.165) is 11.3 Å². The highest BCUT2D eigenvalue weighted by molar-refractivity contribution is 5.87. The summed E-state index contributed by atoms with van der Waals surface area (Å²) in [7, 11) is 0. The van der Waals surface area contributed by atoms with Crippen LogP contribution in [-0.4, -0.2) is 37.0 Å². The van der Waals surface area contributed by atoms with Crippen LogP contribution in [0.25, 0.3) is 0 Å². The predicted molar refractivity (Wildman–Crippen MR) is 93.2 cm³/mol. The fraction of sp³-hybridized carbons (Fsp3) is 0.316. The van der Waals surface area contributed by atoms with Crippen LogP contribution >= 0.6 is 0 Å². The number of nitrogens with zero attached hydrogens (tertiary/aromatic N) is 2. The average Bonchev–Trinajstić information content (AvgIpc) is 2.62. The van der Waals surface area contributed by atoms with Gasteiger partial charge in [0.25, 0.3) is 0 Å². The van der Waals surface area contributed by atoms with E-state index in [1.165, 1.54) is 12.1 Å². The van der Waals surface area contributed by atoms with Crippen LogP contribution in [-0.2, 0) is 10.3 Å². The van der Waals surface area contributed by atoms with Gasteiger partial charge in [-0.3, -0.25) is 4.79 Å². The first kappa shape index (κ1) is 16.5. The normalized spacial score (nSPS) is 17.5. The van der Waals surface area contributed by atoms with Gasteiger partial charge in [-0.15, -0.1) is 0 Å². The third-order valence-corrected chi connectivity index (χ3v) is 4.58. The van der Waals surface area contributed by atoms with Crippen molar-refractivity contribution in [3.8, 4) is 0 Å². The van der Waals surface area contributed by atoms with Gasteiger partial charge in [-0.2, -0.15) is 0 Å². The molecule has 1 fully saturated rings. The minimum absolute atomic E-state index is 0.0625. The zero-order valence-electron chi connectivity index (χ0n) is 13.8. The molecule has 4 nitrogen and oxygen atoms in total. The standard InChI is InChI=1S/C19H22FN3O/c1-19(21,15-5-3-2-4-6-15)18(24)23-13-11-22(12-14-23)17-9-7-16(20)8-10-17/h2-10H,11-14,21H2,1H3. The molecule has 1 amide bonds. The molecule has 0 aliphatic carbocycles. The van der Waals surface area contributed by atoms with E-state index in [-0.39, 0.29) is 11.7 Å². The summed E-state index contributed by atoms with van der Waals surface area (Å²) in [5, 5.41) is 0. The summed E-state index contributed by atoms with van der Waals surface area (Å²) in [5.74, 6) is -0.304. The first-order valence-corrected chi connectivity index (χ1v) is 8.13. The maximum atomic E-state index is 13.0. The Hall–Kier alpha value is -2.40. The van der Waals surface area contributed by atoms with Crippen LogP contribution in [0.5, 0.6) is 0 Å². The molecule has 0 aromatic heterocycles. The average molecular weight is 327 g/mol. The largest absolute Gasteiger partial charge is 0.368 e. The summed E-state index contributed by atoms with van der Waals surface area (Å²) in [6.45, 7) is 4.40. The van der Waals surface area contributed by atoms with Gasteiger partial charge < -0.3 is 15.5 Å². The van der Waals surface area contributed by atoms with Crippen molar-refractivity contribution in [2.24, 2.45) is 5.73 Å². The number of anilines is 1. The SMILES string of the molecule is CC(N)(C(=O)N1CCN(c2ccc(F)cc2)CC1)c1ccccc1. The van der Waals surface area contributed by atoms with E-state index in [1.54, 1.807) is 19.1 Å². The molecule has 24 heavy (non-hydrogen) atoms. The lowest BCUT2D eigenvalue weighted by Gasteiger charge is -2.39. The Morgan fingerprint density at radius 2 is 1.58 bits per heavy atom. The van der Waals surface area contributed by atoms with Crippen LogP contribution in [0.1, 0.15) is 12.5 Å². The Bertz CT molecular complexity index is 692. The van der Waals surface area contributed by atoms with Gasteiger partial charge in [-0.05, 0) is 36.8 Å². The van der Waals surface area contributed by atoms with E-state index < -0.39 is 5.54 Å². The molecule has 2 N–H and O–H groups in total. The van der Waals surface area contributed by atoms with Gasteiger partial charge in [0.15, 0.2) is 0 Å². The number of piperazine rings is 1. The maximum Gasteiger partial charge on any atom is 0.247 e. The number of hydrogen-bond donors (Lipinski definition) is 1. The summed E-state index contributed by atoms with van der Waals surface area (Å²) in [6.07, 6.45) is 0. The molecule has 0 saturated carbocycles. The van der Waals surface area contributed by atoms with Crippen LogP contribution in [0.15, 0.2) is 54.6 Å². The van der Waals surface area contributed by atoms with Gasteiger partial charge in [0.1, 0.15) is 11.4 Å². The van der Waals surface area contributed by atoms with Gasteiger partial charge in [-0.1, -0.05) is 30.3 Å². The second kappa shape index (κ2) is 6.61. The van der Waals surface area contributed by atoms with E-state index in [9.17, 15) is 9.18 Å². The van der Waals surface area contributed by atoms with Crippen molar-refractivity contribution in [3.05, 3.63) is 66.0 Å². The smallest absolute Gasteiger partial charge is 0.247 e. The summed E-state index contributed by atoms with van der Waals surface area (Å²) in [6, 6.07) is 15.9. The molecule has 1 aliphatic heterocycles. The Labute approximate surface area is 141 Å². The lowest BCUT2D eigenvalue weighted by Crippen LogP contribution is -2.56. The molecule has 1 aliphatic rings. The predicted octanol–water partition coefficient (Wildman–Crippen LogP) is 2.35. The fourth-order valence-electron chi connectivity index (χ4n) is 3.06. The molecule has 1 atom stereocenters. The van der Waals surface area contributed by atoms with Gasteiger partial charge >= 0.3 is 0 Å². The van der Waals surface area contributed by atoms with Crippen molar-refractivity contribution in [3.63, 3.8) is 0 Å². The first-order chi connectivity index (χ1) is 11.5. The number of amides is 1. The van der Waals surface area contributed by atoms with Crippen molar-refractivity contribution >= 4 is 11.6 Å². The summed E-state index contributed by atoms with van der Waals surface area (Å²) >= 11 is 0. The quantitative estimate of drug-likeness (QED) is 0.941. The molecule has 2 aromatic rings. The number of nitrogens with two attached hydrogens (primary N) is 1. The molecular formula is C19H22FN3O. The zero-order valence-corrected chi connectivity index (χ0v) is 13.8. The number of carbonyl (C=O) groups is 1. The number of hydrogen-bond acceptors (Lipinski definition) is 3. The maximum absolute atomic E-state index is 13.0. The Kier molecular flexibility index (Phi) is 4.53. The molecular weight excluding hydrogens is 305 g/mol. The monoisotopic (exact) mass is 327 g/mol. The van der Waals surface area contributed by atoms with Crippen molar-refractivity contribution in [2.75, 3.05) is 31.1 Å². The minimum Gasteiger partial charge on any atom is -0.368 e. The summed E-state index contributed by atoms with van der Waals surface area (Å²) < 4.78 is 13.0. The summed E-state index contributed by atoms with van der Waals surface area (Å²) in [5.41, 5.74) is 7.09. The molecule has 1 unspecified atom stereocenters. The van der Waals surface area contributed by atoms with Gasteiger partial charge in [0, 0.05) is 31.9 Å². The van der Waals surface area contributed by atoms with Crippen LogP contribution in [0, 0.1) is 5.82 Å². The number of carbonyl (C=O) groups excluding carboxylic acids is 1. The van der Waals surface area contributed by atoms with E-state index in [2.05, 4.69) is 4.90 Å². The second-order valence-corrected chi connectivity index (χ2v) is 6.32. The van der Waals surface area contributed by atoms with Crippen LogP contribution in [0.4, 0.5) is 10.1 Å². The molecule has 1 heterocycles. The van der Waals surface area contributed by atoms with Crippen LogP contribution in [0.3, 0.4) is 0 Å². The molecule has 0 spiro atoms. The highest BCUT2D eigenvalue weighted by Gasteiger charge is 2.35. The topological polar surface area (TPSA) is 49.6 Å². The third-order valence-electron chi connectivity index (χ3n) is 4.58. The number of rotatable bonds is 3. The van der Waals surface area contributed by atoms with E-state index in [1.807, 2.05) is 35.2 Å². The van der Waals surface area contributed by atoms with Gasteiger partial charge in [-0.25, -0.2) is 4.39 Å². The molecule has 3 rings (SSSR count). The fourth-order valence-corrected chi connectivity index (χ4v) is 3.06. The second-order valence-electron chi connectivity index (χ2n) is 6.32. The number of benzene rings is 2. The highest BCUT2D eigenvalue weighted by Crippen LogP contribution is 2.23. The van der Waals surface area contributed by atoms with E-state index in [4.69, 9.17) is 5.73 Å². The van der Waals surface area contributed by atoms with Gasteiger partial charge in [0.05, 0.1) is 0 Å².